The Balaban J connectivity index is 1.66. The Morgan fingerprint density at radius 2 is 1.85 bits per heavy atom. The molecule has 1 fully saturated rings. The maximum absolute atomic E-state index is 14.9. The number of hydrogen-bond acceptors (Lipinski definition) is 7. The fraction of sp³-hybridized carbons (Fsp3) is 0.409. The second-order valence-electron chi connectivity index (χ2n) is 8.74. The monoisotopic (exact) mass is 477 g/mol. The molecule has 1 aliphatic rings. The van der Waals surface area contributed by atoms with Gasteiger partial charge >= 0.3 is 0 Å². The summed E-state index contributed by atoms with van der Waals surface area (Å²) in [6.07, 6.45) is 4.71. The number of piperidine rings is 1. The number of rotatable bonds is 5. The molecule has 0 amide bonds. The lowest BCUT2D eigenvalue weighted by Crippen LogP contribution is -2.42. The Kier molecular flexibility index (Phi) is 6.06. The number of aromatic nitrogens is 3. The van der Waals surface area contributed by atoms with E-state index in [4.69, 9.17) is 0 Å². The highest BCUT2D eigenvalue weighted by atomic mass is 32.2. The zero-order valence-corrected chi connectivity index (χ0v) is 19.3. The van der Waals surface area contributed by atoms with Crippen LogP contribution in [0.25, 0.3) is 22.2 Å². The van der Waals surface area contributed by atoms with E-state index >= 15 is 0 Å². The van der Waals surface area contributed by atoms with Gasteiger partial charge in [0.15, 0.2) is 5.82 Å². The molecule has 0 saturated carbocycles. The van der Waals surface area contributed by atoms with Crippen molar-refractivity contribution in [3.8, 4) is 11.3 Å². The normalized spacial score (nSPS) is 16.3. The summed E-state index contributed by atoms with van der Waals surface area (Å²) in [6, 6.07) is 4.22. The molecule has 3 aromatic rings. The van der Waals surface area contributed by atoms with Crippen molar-refractivity contribution in [2.45, 2.75) is 38.3 Å². The maximum atomic E-state index is 14.9. The molecule has 0 unspecified atom stereocenters. The minimum Gasteiger partial charge on any atom is -0.386 e. The molecule has 0 aliphatic carbocycles. The number of aliphatic hydroxyl groups is 1. The summed E-state index contributed by atoms with van der Waals surface area (Å²) >= 11 is 0. The van der Waals surface area contributed by atoms with Gasteiger partial charge in [-0.3, -0.25) is 4.98 Å². The van der Waals surface area contributed by atoms with Gasteiger partial charge in [0.2, 0.25) is 16.0 Å². The van der Waals surface area contributed by atoms with Crippen LogP contribution < -0.4 is 5.32 Å². The highest BCUT2D eigenvalue weighted by Gasteiger charge is 2.26. The fourth-order valence-corrected chi connectivity index (χ4v) is 4.91. The predicted molar refractivity (Wildman–Crippen MR) is 121 cm³/mol. The van der Waals surface area contributed by atoms with E-state index in [-0.39, 0.29) is 28.8 Å². The third-order valence-electron chi connectivity index (χ3n) is 5.73. The van der Waals surface area contributed by atoms with Gasteiger partial charge in [-0.1, -0.05) is 0 Å². The van der Waals surface area contributed by atoms with E-state index in [0.717, 1.165) is 12.3 Å². The lowest BCUT2D eigenvalue weighted by atomic mass is 9.93. The lowest BCUT2D eigenvalue weighted by molar-refractivity contribution is 0.0801. The van der Waals surface area contributed by atoms with E-state index in [1.54, 1.807) is 26.0 Å². The number of sulfonamides is 1. The molecule has 0 atom stereocenters. The topological polar surface area (TPSA) is 108 Å². The summed E-state index contributed by atoms with van der Waals surface area (Å²) in [5.41, 5.74) is -0.632. The van der Waals surface area contributed by atoms with Crippen LogP contribution in [0.3, 0.4) is 0 Å². The van der Waals surface area contributed by atoms with Gasteiger partial charge in [-0.25, -0.2) is 31.5 Å². The Morgan fingerprint density at radius 1 is 1.15 bits per heavy atom. The first-order valence-electron chi connectivity index (χ1n) is 10.5. The van der Waals surface area contributed by atoms with Crippen LogP contribution in [0.5, 0.6) is 0 Å². The van der Waals surface area contributed by atoms with Crippen LogP contribution in [0.2, 0.25) is 0 Å². The maximum Gasteiger partial charge on any atom is 0.223 e. The van der Waals surface area contributed by atoms with E-state index in [1.165, 1.54) is 16.8 Å². The van der Waals surface area contributed by atoms with Crippen molar-refractivity contribution in [2.24, 2.45) is 0 Å². The van der Waals surface area contributed by atoms with E-state index in [0.29, 0.717) is 36.9 Å². The standard InChI is InChI=1S/C22H25F2N5O3S/c1-22(2,30)16-4-7-25-20-15(16)10-13(11-17(20)23)19-18(24)12-26-21(28-19)27-14-5-8-29(9-6-14)33(3,31)32/h4,7,10-12,14,30H,5-6,8-9H2,1-3H3,(H,26,27,28). The Morgan fingerprint density at radius 3 is 2.48 bits per heavy atom. The number of pyridine rings is 1. The molecule has 0 radical (unpaired) electrons. The molecular weight excluding hydrogens is 452 g/mol. The van der Waals surface area contributed by atoms with E-state index in [1.807, 2.05) is 0 Å². The van der Waals surface area contributed by atoms with Crippen LogP contribution in [0.4, 0.5) is 14.7 Å². The zero-order valence-electron chi connectivity index (χ0n) is 18.5. The van der Waals surface area contributed by atoms with Crippen molar-refractivity contribution >= 4 is 26.9 Å². The molecule has 1 aliphatic heterocycles. The molecule has 4 rings (SSSR count). The van der Waals surface area contributed by atoms with Gasteiger partial charge in [-0.2, -0.15) is 0 Å². The number of nitrogens with one attached hydrogen (secondary N) is 1. The third kappa shape index (κ3) is 4.94. The van der Waals surface area contributed by atoms with Crippen LogP contribution in [0.15, 0.2) is 30.6 Å². The van der Waals surface area contributed by atoms with Gasteiger partial charge in [0.05, 0.1) is 18.1 Å². The molecule has 3 heterocycles. The van der Waals surface area contributed by atoms with Gasteiger partial charge in [-0.15, -0.1) is 0 Å². The number of nitrogens with zero attached hydrogens (tertiary/aromatic N) is 4. The molecular formula is C22H25F2N5O3S. The number of halogens is 2. The minimum absolute atomic E-state index is 0.0730. The van der Waals surface area contributed by atoms with Crippen molar-refractivity contribution < 1.29 is 22.3 Å². The first-order valence-corrected chi connectivity index (χ1v) is 12.3. The van der Waals surface area contributed by atoms with Crippen molar-refractivity contribution in [2.75, 3.05) is 24.7 Å². The lowest BCUT2D eigenvalue weighted by Gasteiger charge is -2.30. The average Bonchev–Trinajstić information content (AvgIpc) is 2.74. The van der Waals surface area contributed by atoms with Gasteiger partial charge in [0.1, 0.15) is 17.0 Å². The van der Waals surface area contributed by atoms with Crippen LogP contribution in [0, 0.1) is 11.6 Å². The van der Waals surface area contributed by atoms with Gasteiger partial charge in [-0.05, 0) is 50.5 Å². The molecule has 0 bridgehead atoms. The summed E-state index contributed by atoms with van der Waals surface area (Å²) in [4.78, 5) is 12.3. The first kappa shape index (κ1) is 23.4. The second-order valence-corrected chi connectivity index (χ2v) is 10.7. The number of hydrogen-bond donors (Lipinski definition) is 2. The zero-order chi connectivity index (χ0) is 24.0. The summed E-state index contributed by atoms with van der Waals surface area (Å²) in [6.45, 7) is 3.89. The molecule has 1 aromatic carbocycles. The quantitative estimate of drug-likeness (QED) is 0.582. The number of fused-ring (bicyclic) bond motifs is 1. The summed E-state index contributed by atoms with van der Waals surface area (Å²) < 4.78 is 54.3. The van der Waals surface area contributed by atoms with Crippen LogP contribution in [-0.2, 0) is 15.6 Å². The molecule has 2 aromatic heterocycles. The summed E-state index contributed by atoms with van der Waals surface area (Å²) in [5, 5.41) is 14.0. The summed E-state index contributed by atoms with van der Waals surface area (Å²) in [5.74, 6) is -1.22. The third-order valence-corrected chi connectivity index (χ3v) is 7.03. The largest absolute Gasteiger partial charge is 0.386 e. The van der Waals surface area contributed by atoms with Crippen LogP contribution >= 0.6 is 0 Å². The van der Waals surface area contributed by atoms with Crippen molar-refractivity contribution in [1.29, 1.82) is 0 Å². The molecule has 176 valence electrons. The molecule has 2 N–H and O–H groups in total. The Hall–Kier alpha value is -2.76. The molecule has 0 spiro atoms. The number of anilines is 1. The Bertz CT molecular complexity index is 1300. The van der Waals surface area contributed by atoms with Crippen molar-refractivity contribution in [3.63, 3.8) is 0 Å². The molecule has 1 saturated heterocycles. The molecule has 8 nitrogen and oxygen atoms in total. The highest BCUT2D eigenvalue weighted by molar-refractivity contribution is 7.88. The Labute approximate surface area is 190 Å². The van der Waals surface area contributed by atoms with Gasteiger partial charge in [0.25, 0.3) is 0 Å². The van der Waals surface area contributed by atoms with Gasteiger partial charge in [0, 0.05) is 36.3 Å². The van der Waals surface area contributed by atoms with Crippen LogP contribution in [-0.4, -0.2) is 58.2 Å². The highest BCUT2D eigenvalue weighted by Crippen LogP contribution is 2.33. The smallest absolute Gasteiger partial charge is 0.223 e. The summed E-state index contributed by atoms with van der Waals surface area (Å²) in [7, 11) is -3.24. The number of benzene rings is 1. The minimum atomic E-state index is -3.24. The van der Waals surface area contributed by atoms with E-state index in [9.17, 15) is 22.3 Å². The average molecular weight is 478 g/mol. The van der Waals surface area contributed by atoms with Crippen molar-refractivity contribution in [3.05, 3.63) is 47.8 Å². The first-order chi connectivity index (χ1) is 15.4. The van der Waals surface area contributed by atoms with Crippen molar-refractivity contribution in [1.82, 2.24) is 19.3 Å². The fourth-order valence-electron chi connectivity index (χ4n) is 4.04. The second kappa shape index (κ2) is 8.54. The molecule has 11 heteroatoms. The predicted octanol–water partition coefficient (Wildman–Crippen LogP) is 3.03. The van der Waals surface area contributed by atoms with E-state index in [2.05, 4.69) is 20.3 Å². The molecule has 33 heavy (non-hydrogen) atoms. The van der Waals surface area contributed by atoms with Gasteiger partial charge < -0.3 is 10.4 Å². The SMILES string of the molecule is CC(C)(O)c1ccnc2c(F)cc(-c3nc(NC4CCN(S(C)(=O)=O)CC4)ncc3F)cc12. The van der Waals surface area contributed by atoms with E-state index < -0.39 is 27.3 Å². The van der Waals surface area contributed by atoms with Crippen LogP contribution in [0.1, 0.15) is 32.3 Å².